The van der Waals surface area contributed by atoms with Gasteiger partial charge in [-0.3, -0.25) is 4.79 Å². The standard InChI is InChI=1S/C15H16N4O3/c20-14(4-7-18-15-16-5-1-6-17-15)19-11-2-3-12-13(10-11)22-9-8-21-12/h1-3,5-6,10H,4,7-9H2,(H,19,20)(H,16,17,18). The second kappa shape index (κ2) is 6.75. The van der Waals surface area contributed by atoms with Crippen LogP contribution in [0.15, 0.2) is 36.7 Å². The first-order valence-corrected chi connectivity index (χ1v) is 7.02. The fraction of sp³-hybridized carbons (Fsp3) is 0.267. The van der Waals surface area contributed by atoms with Crippen molar-refractivity contribution >= 4 is 17.5 Å². The van der Waals surface area contributed by atoms with Crippen molar-refractivity contribution in [2.45, 2.75) is 6.42 Å². The molecule has 0 unspecified atom stereocenters. The van der Waals surface area contributed by atoms with Crippen LogP contribution in [-0.4, -0.2) is 35.6 Å². The van der Waals surface area contributed by atoms with Crippen LogP contribution in [0.5, 0.6) is 11.5 Å². The number of carbonyl (C=O) groups excluding carboxylic acids is 1. The topological polar surface area (TPSA) is 85.4 Å². The van der Waals surface area contributed by atoms with Gasteiger partial charge in [0.2, 0.25) is 11.9 Å². The van der Waals surface area contributed by atoms with Gasteiger partial charge in [-0.1, -0.05) is 0 Å². The van der Waals surface area contributed by atoms with Crippen LogP contribution in [-0.2, 0) is 4.79 Å². The normalized spacial score (nSPS) is 12.5. The maximum atomic E-state index is 11.9. The van der Waals surface area contributed by atoms with E-state index in [2.05, 4.69) is 20.6 Å². The van der Waals surface area contributed by atoms with Gasteiger partial charge in [-0.05, 0) is 18.2 Å². The number of nitrogens with zero attached hydrogens (tertiary/aromatic N) is 2. The lowest BCUT2D eigenvalue weighted by Gasteiger charge is -2.19. The van der Waals surface area contributed by atoms with Crippen LogP contribution >= 0.6 is 0 Å². The van der Waals surface area contributed by atoms with Crippen LogP contribution in [0.4, 0.5) is 11.6 Å². The molecule has 2 heterocycles. The van der Waals surface area contributed by atoms with Crippen molar-refractivity contribution in [3.05, 3.63) is 36.7 Å². The van der Waals surface area contributed by atoms with Crippen molar-refractivity contribution in [1.82, 2.24) is 9.97 Å². The second-order valence-electron chi connectivity index (χ2n) is 4.66. The molecule has 1 aliphatic heterocycles. The minimum Gasteiger partial charge on any atom is -0.486 e. The van der Waals surface area contributed by atoms with E-state index in [1.807, 2.05) is 0 Å². The van der Waals surface area contributed by atoms with Crippen LogP contribution < -0.4 is 20.1 Å². The number of amides is 1. The third-order valence-corrected chi connectivity index (χ3v) is 3.03. The Morgan fingerprint density at radius 3 is 2.73 bits per heavy atom. The SMILES string of the molecule is O=C(CCNc1ncccn1)Nc1ccc2c(c1)OCCO2. The van der Waals surface area contributed by atoms with Crippen LogP contribution in [0.3, 0.4) is 0 Å². The average molecular weight is 300 g/mol. The number of benzene rings is 1. The molecule has 1 aromatic carbocycles. The number of aromatic nitrogens is 2. The first kappa shape index (κ1) is 14.1. The van der Waals surface area contributed by atoms with Gasteiger partial charge < -0.3 is 20.1 Å². The largest absolute Gasteiger partial charge is 0.486 e. The van der Waals surface area contributed by atoms with Gasteiger partial charge in [0.25, 0.3) is 0 Å². The van der Waals surface area contributed by atoms with Crippen LogP contribution in [0, 0.1) is 0 Å². The maximum Gasteiger partial charge on any atom is 0.226 e. The van der Waals surface area contributed by atoms with Crippen LogP contribution in [0.2, 0.25) is 0 Å². The highest BCUT2D eigenvalue weighted by Gasteiger charge is 2.12. The van der Waals surface area contributed by atoms with Gasteiger partial charge in [0, 0.05) is 37.1 Å². The van der Waals surface area contributed by atoms with Crippen molar-refractivity contribution in [1.29, 1.82) is 0 Å². The molecular weight excluding hydrogens is 284 g/mol. The lowest BCUT2D eigenvalue weighted by Crippen LogP contribution is -2.18. The van der Waals surface area contributed by atoms with E-state index in [0.717, 1.165) is 0 Å². The van der Waals surface area contributed by atoms with Gasteiger partial charge in [-0.2, -0.15) is 0 Å². The van der Waals surface area contributed by atoms with Crippen molar-refractivity contribution in [3.63, 3.8) is 0 Å². The zero-order chi connectivity index (χ0) is 15.2. The van der Waals surface area contributed by atoms with Crippen molar-refractivity contribution in [2.24, 2.45) is 0 Å². The molecule has 1 amide bonds. The molecule has 7 nitrogen and oxygen atoms in total. The lowest BCUT2D eigenvalue weighted by molar-refractivity contribution is -0.115. The quantitative estimate of drug-likeness (QED) is 0.874. The molecule has 2 aromatic rings. The number of ether oxygens (including phenoxy) is 2. The maximum absolute atomic E-state index is 11.9. The Labute approximate surface area is 127 Å². The van der Waals surface area contributed by atoms with Crippen molar-refractivity contribution in [2.75, 3.05) is 30.4 Å². The zero-order valence-electron chi connectivity index (χ0n) is 11.9. The molecule has 1 aliphatic rings. The van der Waals surface area contributed by atoms with E-state index in [-0.39, 0.29) is 5.91 Å². The predicted molar refractivity (Wildman–Crippen MR) is 81.2 cm³/mol. The van der Waals surface area contributed by atoms with Gasteiger partial charge in [0.1, 0.15) is 13.2 Å². The molecular formula is C15H16N4O3. The van der Waals surface area contributed by atoms with Crippen LogP contribution in [0.1, 0.15) is 6.42 Å². The van der Waals surface area contributed by atoms with Gasteiger partial charge in [0.05, 0.1) is 0 Å². The highest BCUT2D eigenvalue weighted by molar-refractivity contribution is 5.91. The lowest BCUT2D eigenvalue weighted by atomic mass is 10.2. The molecule has 0 bridgehead atoms. The van der Waals surface area contributed by atoms with Gasteiger partial charge in [0.15, 0.2) is 11.5 Å². The summed E-state index contributed by atoms with van der Waals surface area (Å²) in [5, 5.41) is 5.81. The molecule has 0 spiro atoms. The van der Waals surface area contributed by atoms with E-state index in [1.165, 1.54) is 0 Å². The summed E-state index contributed by atoms with van der Waals surface area (Å²) in [6.07, 6.45) is 3.60. The summed E-state index contributed by atoms with van der Waals surface area (Å²) in [6, 6.07) is 7.08. The Morgan fingerprint density at radius 2 is 1.91 bits per heavy atom. The van der Waals surface area contributed by atoms with Gasteiger partial charge >= 0.3 is 0 Å². The predicted octanol–water partition coefficient (Wildman–Crippen LogP) is 1.69. The molecule has 114 valence electrons. The van der Waals surface area contributed by atoms with E-state index in [4.69, 9.17) is 9.47 Å². The zero-order valence-corrected chi connectivity index (χ0v) is 11.9. The van der Waals surface area contributed by atoms with Crippen molar-refractivity contribution < 1.29 is 14.3 Å². The minimum atomic E-state index is -0.0971. The summed E-state index contributed by atoms with van der Waals surface area (Å²) in [5.74, 6) is 1.77. The molecule has 1 aromatic heterocycles. The van der Waals surface area contributed by atoms with E-state index in [9.17, 15) is 4.79 Å². The van der Waals surface area contributed by atoms with Crippen LogP contribution in [0.25, 0.3) is 0 Å². The highest BCUT2D eigenvalue weighted by atomic mass is 16.6. The van der Waals surface area contributed by atoms with E-state index in [0.29, 0.717) is 49.3 Å². The Bertz CT molecular complexity index is 648. The fourth-order valence-electron chi connectivity index (χ4n) is 2.02. The molecule has 0 fully saturated rings. The number of fused-ring (bicyclic) bond motifs is 1. The Balaban J connectivity index is 1.49. The number of nitrogens with one attached hydrogen (secondary N) is 2. The average Bonchev–Trinajstić information content (AvgIpc) is 2.56. The first-order valence-electron chi connectivity index (χ1n) is 7.02. The molecule has 22 heavy (non-hydrogen) atoms. The fourth-order valence-corrected chi connectivity index (χ4v) is 2.02. The third-order valence-electron chi connectivity index (χ3n) is 3.03. The number of rotatable bonds is 5. The minimum absolute atomic E-state index is 0.0971. The van der Waals surface area contributed by atoms with E-state index < -0.39 is 0 Å². The Hall–Kier alpha value is -2.83. The Kier molecular flexibility index (Phi) is 4.33. The number of hydrogen-bond donors (Lipinski definition) is 2. The summed E-state index contributed by atoms with van der Waals surface area (Å²) in [6.45, 7) is 1.53. The monoisotopic (exact) mass is 300 g/mol. The molecule has 3 rings (SSSR count). The highest BCUT2D eigenvalue weighted by Crippen LogP contribution is 2.32. The summed E-state index contributed by atoms with van der Waals surface area (Å²) < 4.78 is 10.9. The Morgan fingerprint density at radius 1 is 1.14 bits per heavy atom. The summed E-state index contributed by atoms with van der Waals surface area (Å²) in [4.78, 5) is 20.0. The number of carbonyl (C=O) groups is 1. The molecule has 7 heteroatoms. The summed E-state index contributed by atoms with van der Waals surface area (Å²) in [7, 11) is 0. The van der Waals surface area contributed by atoms with Gasteiger partial charge in [-0.15, -0.1) is 0 Å². The smallest absolute Gasteiger partial charge is 0.226 e. The van der Waals surface area contributed by atoms with Gasteiger partial charge in [-0.25, -0.2) is 9.97 Å². The molecule has 0 aliphatic carbocycles. The molecule has 0 saturated heterocycles. The third kappa shape index (κ3) is 3.63. The van der Waals surface area contributed by atoms with Crippen molar-refractivity contribution in [3.8, 4) is 11.5 Å². The summed E-state index contributed by atoms with van der Waals surface area (Å²) in [5.41, 5.74) is 0.685. The van der Waals surface area contributed by atoms with E-state index >= 15 is 0 Å². The molecule has 2 N–H and O–H groups in total. The molecule has 0 radical (unpaired) electrons. The van der Waals surface area contributed by atoms with E-state index in [1.54, 1.807) is 36.7 Å². The number of anilines is 2. The molecule has 0 atom stereocenters. The first-order chi connectivity index (χ1) is 10.8. The number of hydrogen-bond acceptors (Lipinski definition) is 6. The molecule has 0 saturated carbocycles. The summed E-state index contributed by atoms with van der Waals surface area (Å²) >= 11 is 0. The second-order valence-corrected chi connectivity index (χ2v) is 4.66.